The van der Waals surface area contributed by atoms with Gasteiger partial charge >= 0.3 is 0 Å². The average molecular weight is 311 g/mol. The van der Waals surface area contributed by atoms with E-state index in [-0.39, 0.29) is 11.5 Å². The topological polar surface area (TPSA) is 46.1 Å². The molecule has 0 amide bonds. The van der Waals surface area contributed by atoms with Crippen molar-refractivity contribution in [2.45, 2.75) is 46.6 Å². The molecule has 0 bridgehead atoms. The third kappa shape index (κ3) is 4.13. The highest BCUT2D eigenvalue weighted by molar-refractivity contribution is 5.80. The number of nitrogens with zero attached hydrogens (tertiary/aromatic N) is 2. The molecule has 2 atom stereocenters. The molecule has 2 heterocycles. The van der Waals surface area contributed by atoms with E-state index in [0.717, 1.165) is 38.8 Å². The van der Waals surface area contributed by atoms with Crippen molar-refractivity contribution in [1.82, 2.24) is 10.2 Å². The number of hydrogen-bond acceptors (Lipinski definition) is 3. The highest BCUT2D eigenvalue weighted by Gasteiger charge is 2.42. The van der Waals surface area contributed by atoms with Gasteiger partial charge in [0.25, 0.3) is 0 Å². The van der Waals surface area contributed by atoms with Crippen LogP contribution in [-0.4, -0.2) is 63.5 Å². The van der Waals surface area contributed by atoms with Crippen molar-refractivity contribution >= 4 is 5.96 Å². The maximum absolute atomic E-state index is 5.63. The van der Waals surface area contributed by atoms with Gasteiger partial charge in [-0.15, -0.1) is 0 Å². The molecule has 2 saturated heterocycles. The summed E-state index contributed by atoms with van der Waals surface area (Å²) in [4.78, 5) is 7.25. The van der Waals surface area contributed by atoms with Crippen LogP contribution < -0.4 is 5.32 Å². The molecule has 0 radical (unpaired) electrons. The van der Waals surface area contributed by atoms with Crippen LogP contribution in [0, 0.1) is 10.8 Å². The van der Waals surface area contributed by atoms with E-state index in [9.17, 15) is 0 Å². The van der Waals surface area contributed by atoms with Crippen LogP contribution in [0.3, 0.4) is 0 Å². The lowest BCUT2D eigenvalue weighted by Crippen LogP contribution is -2.42. The number of hydrogen-bond donors (Lipinski definition) is 1. The molecule has 22 heavy (non-hydrogen) atoms. The molecular weight excluding hydrogens is 278 g/mol. The van der Waals surface area contributed by atoms with Gasteiger partial charge < -0.3 is 19.7 Å². The first-order valence-corrected chi connectivity index (χ1v) is 8.54. The summed E-state index contributed by atoms with van der Waals surface area (Å²) in [5, 5.41) is 3.44. The molecule has 2 unspecified atom stereocenters. The summed E-state index contributed by atoms with van der Waals surface area (Å²) in [5.74, 6) is 1.03. The van der Waals surface area contributed by atoms with Gasteiger partial charge in [0.05, 0.1) is 19.3 Å². The van der Waals surface area contributed by atoms with Crippen LogP contribution in [0.4, 0.5) is 0 Å². The summed E-state index contributed by atoms with van der Waals surface area (Å²) in [5.41, 5.74) is 0.460. The minimum atomic E-state index is 0.0983. The van der Waals surface area contributed by atoms with Gasteiger partial charge in [-0.05, 0) is 25.2 Å². The van der Waals surface area contributed by atoms with Gasteiger partial charge in [-0.2, -0.15) is 0 Å². The van der Waals surface area contributed by atoms with Gasteiger partial charge in [0, 0.05) is 38.8 Å². The zero-order valence-corrected chi connectivity index (χ0v) is 14.9. The van der Waals surface area contributed by atoms with Gasteiger partial charge in [-0.3, -0.25) is 4.99 Å². The van der Waals surface area contributed by atoms with Crippen LogP contribution in [0.5, 0.6) is 0 Å². The number of rotatable bonds is 4. The fourth-order valence-corrected chi connectivity index (χ4v) is 3.38. The Bertz CT molecular complexity index is 384. The predicted octanol–water partition coefficient (Wildman–Crippen LogP) is 2.13. The molecule has 0 saturated carbocycles. The monoisotopic (exact) mass is 311 g/mol. The van der Waals surface area contributed by atoms with Crippen LogP contribution in [-0.2, 0) is 9.47 Å². The Balaban J connectivity index is 2.01. The lowest BCUT2D eigenvalue weighted by Gasteiger charge is -2.29. The van der Waals surface area contributed by atoms with E-state index < -0.39 is 0 Å². The Morgan fingerprint density at radius 1 is 1.41 bits per heavy atom. The Hall–Kier alpha value is -0.810. The molecule has 1 spiro atoms. The zero-order valence-electron chi connectivity index (χ0n) is 14.9. The molecule has 0 aliphatic carbocycles. The van der Waals surface area contributed by atoms with Gasteiger partial charge in [-0.25, -0.2) is 0 Å². The summed E-state index contributed by atoms with van der Waals surface area (Å²) in [6.07, 6.45) is 2.53. The fraction of sp³-hybridized carbons (Fsp3) is 0.941. The van der Waals surface area contributed by atoms with E-state index in [1.165, 1.54) is 12.8 Å². The highest BCUT2D eigenvalue weighted by atomic mass is 16.5. The number of aliphatic imine (C=N–C) groups is 1. The van der Waals surface area contributed by atoms with Crippen LogP contribution in [0.2, 0.25) is 0 Å². The van der Waals surface area contributed by atoms with Crippen LogP contribution >= 0.6 is 0 Å². The van der Waals surface area contributed by atoms with Gasteiger partial charge in [0.2, 0.25) is 0 Å². The summed E-state index contributed by atoms with van der Waals surface area (Å²) in [7, 11) is 1.78. The number of ether oxygens (including phenoxy) is 2. The Morgan fingerprint density at radius 3 is 2.73 bits per heavy atom. The fourth-order valence-electron chi connectivity index (χ4n) is 3.38. The molecule has 0 aromatic heterocycles. The van der Waals surface area contributed by atoms with Gasteiger partial charge in [-0.1, -0.05) is 20.8 Å². The standard InChI is InChI=1S/C17H33N3O2/c1-6-18-15(19-11-14(21-5)16(2,3)4)20-9-7-17(12-20)8-10-22-13-17/h14H,6-13H2,1-5H3,(H,18,19). The quantitative estimate of drug-likeness (QED) is 0.638. The Morgan fingerprint density at radius 2 is 2.18 bits per heavy atom. The number of guanidine groups is 1. The molecule has 2 rings (SSSR count). The van der Waals surface area contributed by atoms with Gasteiger partial charge in [0.1, 0.15) is 0 Å². The lowest BCUT2D eigenvalue weighted by molar-refractivity contribution is 0.0240. The van der Waals surface area contributed by atoms with Gasteiger partial charge in [0.15, 0.2) is 5.96 Å². The molecule has 128 valence electrons. The predicted molar refractivity (Wildman–Crippen MR) is 90.3 cm³/mol. The van der Waals surface area contributed by atoms with E-state index in [1.807, 2.05) is 0 Å². The molecule has 0 aromatic rings. The second-order valence-electron chi connectivity index (χ2n) is 7.76. The maximum atomic E-state index is 5.63. The summed E-state index contributed by atoms with van der Waals surface area (Å²) >= 11 is 0. The summed E-state index contributed by atoms with van der Waals surface area (Å²) < 4.78 is 11.2. The second-order valence-corrected chi connectivity index (χ2v) is 7.76. The number of nitrogens with one attached hydrogen (secondary N) is 1. The van der Waals surface area contributed by atoms with Crippen molar-refractivity contribution in [2.75, 3.05) is 46.5 Å². The summed E-state index contributed by atoms with van der Waals surface area (Å²) in [6, 6.07) is 0. The molecular formula is C17H33N3O2. The third-order valence-electron chi connectivity index (χ3n) is 4.92. The SMILES string of the molecule is CCNC(=NCC(OC)C(C)(C)C)N1CCC2(CCOC2)C1. The Labute approximate surface area is 135 Å². The second kappa shape index (κ2) is 7.18. The van der Waals surface area contributed by atoms with Crippen LogP contribution in [0.1, 0.15) is 40.5 Å². The smallest absolute Gasteiger partial charge is 0.194 e. The van der Waals surface area contributed by atoms with E-state index in [1.54, 1.807) is 7.11 Å². The lowest BCUT2D eigenvalue weighted by atomic mass is 9.87. The molecule has 5 heteroatoms. The highest BCUT2D eigenvalue weighted by Crippen LogP contribution is 2.38. The van der Waals surface area contributed by atoms with E-state index >= 15 is 0 Å². The van der Waals surface area contributed by atoms with E-state index in [0.29, 0.717) is 12.0 Å². The van der Waals surface area contributed by atoms with Crippen LogP contribution in [0.25, 0.3) is 0 Å². The van der Waals surface area contributed by atoms with Crippen molar-refractivity contribution in [3.8, 4) is 0 Å². The molecule has 2 aliphatic heterocycles. The van der Waals surface area contributed by atoms with Crippen molar-refractivity contribution in [3.63, 3.8) is 0 Å². The van der Waals surface area contributed by atoms with Crippen molar-refractivity contribution < 1.29 is 9.47 Å². The van der Waals surface area contributed by atoms with E-state index in [2.05, 4.69) is 37.9 Å². The first kappa shape index (κ1) is 17.5. The normalized spacial score (nSPS) is 27.7. The average Bonchev–Trinajstić information content (AvgIpc) is 3.08. The maximum Gasteiger partial charge on any atom is 0.194 e. The molecule has 0 aromatic carbocycles. The van der Waals surface area contributed by atoms with E-state index in [4.69, 9.17) is 14.5 Å². The number of likely N-dealkylation sites (tertiary alicyclic amines) is 1. The van der Waals surface area contributed by atoms with Crippen molar-refractivity contribution in [3.05, 3.63) is 0 Å². The van der Waals surface area contributed by atoms with Crippen LogP contribution in [0.15, 0.2) is 4.99 Å². The largest absolute Gasteiger partial charge is 0.381 e. The minimum absolute atomic E-state index is 0.0983. The zero-order chi connectivity index (χ0) is 16.2. The minimum Gasteiger partial charge on any atom is -0.381 e. The van der Waals surface area contributed by atoms with Crippen molar-refractivity contribution in [2.24, 2.45) is 15.8 Å². The summed E-state index contributed by atoms with van der Waals surface area (Å²) in [6.45, 7) is 14.3. The molecule has 2 fully saturated rings. The first-order valence-electron chi connectivity index (χ1n) is 8.54. The Kier molecular flexibility index (Phi) is 5.72. The molecule has 5 nitrogen and oxygen atoms in total. The first-order chi connectivity index (χ1) is 10.4. The number of methoxy groups -OCH3 is 1. The third-order valence-corrected chi connectivity index (χ3v) is 4.92. The van der Waals surface area contributed by atoms with Crippen molar-refractivity contribution in [1.29, 1.82) is 0 Å². The molecule has 1 N–H and O–H groups in total. The molecule has 2 aliphatic rings.